The van der Waals surface area contributed by atoms with E-state index in [2.05, 4.69) is 5.32 Å². The summed E-state index contributed by atoms with van der Waals surface area (Å²) < 4.78 is 28.8. The van der Waals surface area contributed by atoms with Gasteiger partial charge in [0.1, 0.15) is 11.5 Å². The molecule has 1 atom stereocenters. The first-order valence-corrected chi connectivity index (χ1v) is 10.8. The van der Waals surface area contributed by atoms with E-state index in [9.17, 15) is 18.4 Å². The highest BCUT2D eigenvalue weighted by Gasteiger charge is 2.20. The van der Waals surface area contributed by atoms with E-state index in [1.807, 2.05) is 0 Å². The molecule has 0 aliphatic rings. The molecule has 1 aromatic heterocycles. The number of halogens is 2. The van der Waals surface area contributed by atoms with Gasteiger partial charge in [-0.15, -0.1) is 0 Å². The number of nitrogen functional groups attached to an aromatic ring is 1. The molecule has 9 heteroatoms. The number of fused-ring (bicyclic) bond motifs is 1. The van der Waals surface area contributed by atoms with Crippen molar-refractivity contribution in [1.29, 1.82) is 5.41 Å². The Balaban J connectivity index is 1.72. The summed E-state index contributed by atoms with van der Waals surface area (Å²) >= 11 is 0. The van der Waals surface area contributed by atoms with Gasteiger partial charge < -0.3 is 21.4 Å². The SMILES string of the molecule is C[C@H](NC(=O)c1cc2ccc(C(=N)N)cc2n1Cc1ccc(C(N)=O)cc1)c1ccc(F)c(F)c1. The molecule has 0 aliphatic carbocycles. The number of hydrogen-bond donors (Lipinski definition) is 4. The van der Waals surface area contributed by atoms with Gasteiger partial charge in [0.15, 0.2) is 11.6 Å². The van der Waals surface area contributed by atoms with Crippen LogP contribution in [0, 0.1) is 17.0 Å². The third kappa shape index (κ3) is 4.89. The molecule has 4 rings (SSSR count). The van der Waals surface area contributed by atoms with Gasteiger partial charge in [-0.05, 0) is 54.4 Å². The second kappa shape index (κ2) is 9.38. The van der Waals surface area contributed by atoms with E-state index in [0.717, 1.165) is 23.1 Å². The van der Waals surface area contributed by atoms with Crippen LogP contribution >= 0.6 is 0 Å². The lowest BCUT2D eigenvalue weighted by Crippen LogP contribution is -2.29. The molecule has 0 spiro atoms. The summed E-state index contributed by atoms with van der Waals surface area (Å²) in [7, 11) is 0. The van der Waals surface area contributed by atoms with Crippen molar-refractivity contribution in [3.8, 4) is 0 Å². The standard InChI is InChI=1S/C26H23F2N5O2/c1-14(17-8-9-20(27)21(28)10-17)32-26(35)23-11-18-6-7-19(24(29)30)12-22(18)33(23)13-15-2-4-16(5-3-15)25(31)34/h2-12,14H,13H2,1H3,(H3,29,30)(H2,31,34)(H,32,35)/t14-/m0/s1. The molecule has 0 saturated heterocycles. The molecule has 178 valence electrons. The molecule has 6 N–H and O–H groups in total. The van der Waals surface area contributed by atoms with Crippen molar-refractivity contribution in [3.05, 3.63) is 106 Å². The van der Waals surface area contributed by atoms with Gasteiger partial charge in [0.25, 0.3) is 5.91 Å². The highest BCUT2D eigenvalue weighted by Crippen LogP contribution is 2.24. The molecule has 7 nitrogen and oxygen atoms in total. The molecule has 35 heavy (non-hydrogen) atoms. The zero-order valence-electron chi connectivity index (χ0n) is 18.8. The van der Waals surface area contributed by atoms with E-state index in [1.165, 1.54) is 6.07 Å². The Labute approximate surface area is 199 Å². The van der Waals surface area contributed by atoms with Crippen molar-refractivity contribution < 1.29 is 18.4 Å². The van der Waals surface area contributed by atoms with E-state index < -0.39 is 29.5 Å². The first kappa shape index (κ1) is 23.6. The average Bonchev–Trinajstić information content (AvgIpc) is 3.18. The summed E-state index contributed by atoms with van der Waals surface area (Å²) in [6, 6.07) is 16.5. The largest absolute Gasteiger partial charge is 0.384 e. The molecule has 4 aromatic rings. The maximum Gasteiger partial charge on any atom is 0.268 e. The summed E-state index contributed by atoms with van der Waals surface area (Å²) in [6.45, 7) is 1.96. The van der Waals surface area contributed by atoms with Crippen LogP contribution in [0.4, 0.5) is 8.78 Å². The Kier molecular flexibility index (Phi) is 6.33. The zero-order chi connectivity index (χ0) is 25.3. The van der Waals surface area contributed by atoms with Gasteiger partial charge in [-0.25, -0.2) is 8.78 Å². The van der Waals surface area contributed by atoms with Crippen molar-refractivity contribution in [3.63, 3.8) is 0 Å². The number of rotatable bonds is 7. The Morgan fingerprint density at radius 1 is 0.943 bits per heavy atom. The number of nitrogens with two attached hydrogens (primary N) is 2. The Morgan fingerprint density at radius 2 is 1.63 bits per heavy atom. The first-order valence-electron chi connectivity index (χ1n) is 10.8. The normalized spacial score (nSPS) is 11.9. The highest BCUT2D eigenvalue weighted by atomic mass is 19.2. The van der Waals surface area contributed by atoms with E-state index in [4.69, 9.17) is 16.9 Å². The number of amidine groups is 1. The van der Waals surface area contributed by atoms with E-state index in [1.54, 1.807) is 60.0 Å². The minimum atomic E-state index is -0.992. The molecule has 0 fully saturated rings. The van der Waals surface area contributed by atoms with Crippen molar-refractivity contribution in [2.45, 2.75) is 19.5 Å². The molecule has 0 radical (unpaired) electrons. The van der Waals surface area contributed by atoms with Gasteiger partial charge in [-0.1, -0.05) is 30.3 Å². The highest BCUT2D eigenvalue weighted by molar-refractivity contribution is 6.02. The molecular formula is C26H23F2N5O2. The molecule has 0 unspecified atom stereocenters. The quantitative estimate of drug-likeness (QED) is 0.240. The molecule has 2 amide bonds. The number of benzene rings is 3. The third-order valence-corrected chi connectivity index (χ3v) is 5.82. The molecule has 0 bridgehead atoms. The summed E-state index contributed by atoms with van der Waals surface area (Å²) in [5, 5.41) is 11.4. The van der Waals surface area contributed by atoms with Crippen LogP contribution in [0.15, 0.2) is 66.7 Å². The fraction of sp³-hybridized carbons (Fsp3) is 0.115. The lowest BCUT2D eigenvalue weighted by Gasteiger charge is -2.17. The predicted octanol–water partition coefficient (Wildman–Crippen LogP) is 3.84. The summed E-state index contributed by atoms with van der Waals surface area (Å²) in [4.78, 5) is 24.7. The number of primary amides is 1. The van der Waals surface area contributed by atoms with Crippen LogP contribution in [0.2, 0.25) is 0 Å². The molecule has 0 aliphatic heterocycles. The van der Waals surface area contributed by atoms with Gasteiger partial charge in [0.2, 0.25) is 5.91 Å². The van der Waals surface area contributed by atoms with E-state index in [-0.39, 0.29) is 12.4 Å². The Morgan fingerprint density at radius 3 is 2.26 bits per heavy atom. The minimum absolute atomic E-state index is 0.108. The monoisotopic (exact) mass is 475 g/mol. The van der Waals surface area contributed by atoms with E-state index >= 15 is 0 Å². The Bertz CT molecular complexity index is 1460. The summed E-state index contributed by atoms with van der Waals surface area (Å²) in [5.74, 6) is -3.02. The summed E-state index contributed by atoms with van der Waals surface area (Å²) in [6.07, 6.45) is 0. The van der Waals surface area contributed by atoms with Crippen LogP contribution in [0.3, 0.4) is 0 Å². The van der Waals surface area contributed by atoms with Crippen LogP contribution in [0.5, 0.6) is 0 Å². The van der Waals surface area contributed by atoms with Crippen LogP contribution in [0.25, 0.3) is 10.9 Å². The van der Waals surface area contributed by atoms with Crippen molar-refractivity contribution in [2.24, 2.45) is 11.5 Å². The minimum Gasteiger partial charge on any atom is -0.384 e. The fourth-order valence-electron chi connectivity index (χ4n) is 3.87. The lowest BCUT2D eigenvalue weighted by molar-refractivity contribution is 0.0930. The maximum absolute atomic E-state index is 13.7. The number of carbonyl (C=O) groups excluding carboxylic acids is 2. The number of amides is 2. The van der Waals surface area contributed by atoms with Gasteiger partial charge in [0, 0.05) is 28.6 Å². The van der Waals surface area contributed by atoms with Crippen LogP contribution in [-0.4, -0.2) is 22.2 Å². The molecule has 1 heterocycles. The van der Waals surface area contributed by atoms with Gasteiger partial charge in [-0.3, -0.25) is 15.0 Å². The molecule has 0 saturated carbocycles. The van der Waals surface area contributed by atoms with Crippen molar-refractivity contribution >= 4 is 28.6 Å². The van der Waals surface area contributed by atoms with Crippen molar-refractivity contribution in [1.82, 2.24) is 9.88 Å². The van der Waals surface area contributed by atoms with Crippen LogP contribution in [-0.2, 0) is 6.54 Å². The van der Waals surface area contributed by atoms with Crippen LogP contribution < -0.4 is 16.8 Å². The first-order chi connectivity index (χ1) is 16.6. The lowest BCUT2D eigenvalue weighted by atomic mass is 10.1. The second-order valence-electron chi connectivity index (χ2n) is 8.23. The fourth-order valence-corrected chi connectivity index (χ4v) is 3.87. The number of aromatic nitrogens is 1. The Hall–Kier alpha value is -4.53. The molecule has 3 aromatic carbocycles. The number of carbonyl (C=O) groups is 2. The smallest absolute Gasteiger partial charge is 0.268 e. The van der Waals surface area contributed by atoms with Crippen molar-refractivity contribution in [2.75, 3.05) is 0 Å². The average molecular weight is 475 g/mol. The van der Waals surface area contributed by atoms with Gasteiger partial charge in [0.05, 0.1) is 6.04 Å². The van der Waals surface area contributed by atoms with Gasteiger partial charge >= 0.3 is 0 Å². The zero-order valence-corrected chi connectivity index (χ0v) is 18.8. The maximum atomic E-state index is 13.7. The van der Waals surface area contributed by atoms with Gasteiger partial charge in [-0.2, -0.15) is 0 Å². The number of nitrogens with one attached hydrogen (secondary N) is 2. The topological polar surface area (TPSA) is 127 Å². The summed E-state index contributed by atoms with van der Waals surface area (Å²) in [5.41, 5.74) is 14.1. The number of nitrogens with zero attached hydrogens (tertiary/aromatic N) is 1. The predicted molar refractivity (Wildman–Crippen MR) is 129 cm³/mol. The molecular weight excluding hydrogens is 452 g/mol. The second-order valence-corrected chi connectivity index (χ2v) is 8.23. The third-order valence-electron chi connectivity index (χ3n) is 5.82. The number of hydrogen-bond acceptors (Lipinski definition) is 3. The van der Waals surface area contributed by atoms with E-state index in [0.29, 0.717) is 27.9 Å². The van der Waals surface area contributed by atoms with Crippen LogP contribution in [0.1, 0.15) is 50.5 Å².